The van der Waals surface area contributed by atoms with E-state index in [2.05, 4.69) is 45.7 Å². The second-order valence-corrected chi connectivity index (χ2v) is 10.6. The Morgan fingerprint density at radius 1 is 1.12 bits per heavy atom. The van der Waals surface area contributed by atoms with Crippen molar-refractivity contribution in [1.29, 1.82) is 0 Å². The fourth-order valence-corrected chi connectivity index (χ4v) is 5.88. The van der Waals surface area contributed by atoms with Gasteiger partial charge in [0.15, 0.2) is 0 Å². The third-order valence-electron chi connectivity index (χ3n) is 8.04. The van der Waals surface area contributed by atoms with Crippen LogP contribution < -0.4 is 4.90 Å². The van der Waals surface area contributed by atoms with Crippen molar-refractivity contribution in [3.05, 3.63) is 35.7 Å². The van der Waals surface area contributed by atoms with E-state index in [1.165, 1.54) is 19.3 Å². The van der Waals surface area contributed by atoms with Gasteiger partial charge in [-0.3, -0.25) is 9.58 Å². The van der Waals surface area contributed by atoms with Crippen LogP contribution in [-0.2, 0) is 10.3 Å². The van der Waals surface area contributed by atoms with E-state index < -0.39 is 0 Å². The summed E-state index contributed by atoms with van der Waals surface area (Å²) in [7, 11) is 0. The lowest BCUT2D eigenvalue weighted by Gasteiger charge is -2.61. The Morgan fingerprint density at radius 2 is 1.91 bits per heavy atom. The molecule has 3 aromatic rings. The lowest BCUT2D eigenvalue weighted by Crippen LogP contribution is -2.59. The minimum absolute atomic E-state index is 0.291. The van der Waals surface area contributed by atoms with Crippen molar-refractivity contribution in [3.8, 4) is 5.69 Å². The first-order chi connectivity index (χ1) is 16.0. The first kappa shape index (κ1) is 21.4. The monoisotopic (exact) mass is 468 g/mol. The normalized spacial score (nSPS) is 25.8. The van der Waals surface area contributed by atoms with Gasteiger partial charge in [0.25, 0.3) is 0 Å². The lowest BCUT2D eigenvalue weighted by molar-refractivity contribution is -0.0977. The standard InChI is InChI=1S/C25H33ClN6O/c1-3-18(2)33-9-8-29-4-6-30(7-5-29)24-11-23-20(10-22(24)26)15-28-32(23)21-16-27-31(17-21)25-12-19(13-25)14-25/h10-11,15-19H,3-9,12-14H2,1-2H3/t18-,19?,25?/m0/s1. The summed E-state index contributed by atoms with van der Waals surface area (Å²) in [5.41, 5.74) is 3.48. The Hall–Kier alpha value is -2.09. The van der Waals surface area contributed by atoms with Crippen molar-refractivity contribution in [2.75, 3.05) is 44.2 Å². The van der Waals surface area contributed by atoms with Crippen molar-refractivity contribution in [3.63, 3.8) is 0 Å². The van der Waals surface area contributed by atoms with Gasteiger partial charge in [-0.25, -0.2) is 4.68 Å². The molecular formula is C25H33ClN6O. The molecule has 3 saturated carbocycles. The Bertz CT molecular complexity index is 1130. The molecule has 1 atom stereocenters. The van der Waals surface area contributed by atoms with Crippen LogP contribution in [-0.4, -0.2) is 69.9 Å². The Kier molecular flexibility index (Phi) is 5.39. The first-order valence-corrected chi connectivity index (χ1v) is 12.7. The number of aromatic nitrogens is 4. The average Bonchev–Trinajstić information content (AvgIpc) is 3.38. The summed E-state index contributed by atoms with van der Waals surface area (Å²) in [6.45, 7) is 10.1. The van der Waals surface area contributed by atoms with Gasteiger partial charge in [-0.1, -0.05) is 18.5 Å². The van der Waals surface area contributed by atoms with Crippen molar-refractivity contribution in [2.45, 2.75) is 51.2 Å². The lowest BCUT2D eigenvalue weighted by atomic mass is 9.50. The van der Waals surface area contributed by atoms with Crippen LogP contribution in [0.2, 0.25) is 5.02 Å². The summed E-state index contributed by atoms with van der Waals surface area (Å²) in [6, 6.07) is 4.25. The molecule has 1 aromatic carbocycles. The fraction of sp³-hybridized carbons (Fsp3) is 0.600. The number of benzene rings is 1. The SMILES string of the molecule is CC[C@H](C)OCCN1CCN(c2cc3c(cnn3-c3cnn(C45CC(C4)C5)c3)cc2Cl)CC1. The summed E-state index contributed by atoms with van der Waals surface area (Å²) in [6.07, 6.45) is 11.3. The minimum Gasteiger partial charge on any atom is -0.377 e. The zero-order chi connectivity index (χ0) is 22.6. The third-order valence-corrected chi connectivity index (χ3v) is 8.34. The highest BCUT2D eigenvalue weighted by molar-refractivity contribution is 6.34. The molecule has 33 heavy (non-hydrogen) atoms. The highest BCUT2D eigenvalue weighted by Gasteiger charge is 2.58. The topological polar surface area (TPSA) is 51.4 Å². The molecule has 4 aliphatic rings. The number of rotatable bonds is 8. The van der Waals surface area contributed by atoms with Crippen LogP contribution in [0.3, 0.4) is 0 Å². The molecule has 4 fully saturated rings. The zero-order valence-corrected chi connectivity index (χ0v) is 20.3. The molecule has 3 aliphatic carbocycles. The zero-order valence-electron chi connectivity index (χ0n) is 19.6. The summed E-state index contributed by atoms with van der Waals surface area (Å²) in [5, 5.41) is 11.2. The summed E-state index contributed by atoms with van der Waals surface area (Å²) >= 11 is 6.73. The Balaban J connectivity index is 1.17. The molecule has 2 bridgehead atoms. The predicted molar refractivity (Wildman–Crippen MR) is 132 cm³/mol. The summed E-state index contributed by atoms with van der Waals surface area (Å²) in [4.78, 5) is 4.88. The van der Waals surface area contributed by atoms with Crippen LogP contribution in [0.5, 0.6) is 0 Å². The van der Waals surface area contributed by atoms with Crippen LogP contribution in [0.25, 0.3) is 16.6 Å². The van der Waals surface area contributed by atoms with Gasteiger partial charge >= 0.3 is 0 Å². The molecular weight excluding hydrogens is 436 g/mol. The molecule has 0 amide bonds. The van der Waals surface area contributed by atoms with E-state index in [1.807, 2.05) is 23.1 Å². The molecule has 0 radical (unpaired) electrons. The number of piperazine rings is 1. The van der Waals surface area contributed by atoms with Gasteiger partial charge in [-0.15, -0.1) is 0 Å². The number of anilines is 1. The van der Waals surface area contributed by atoms with E-state index in [0.717, 1.165) is 79.0 Å². The van der Waals surface area contributed by atoms with Crippen molar-refractivity contribution in [1.82, 2.24) is 24.5 Å². The maximum atomic E-state index is 6.73. The van der Waals surface area contributed by atoms with Crippen LogP contribution in [0.1, 0.15) is 39.5 Å². The van der Waals surface area contributed by atoms with E-state index in [0.29, 0.717) is 11.6 Å². The molecule has 1 aliphatic heterocycles. The van der Waals surface area contributed by atoms with Gasteiger partial charge in [0.2, 0.25) is 0 Å². The van der Waals surface area contributed by atoms with Gasteiger partial charge in [0, 0.05) is 38.1 Å². The highest BCUT2D eigenvalue weighted by Crippen LogP contribution is 2.62. The average molecular weight is 469 g/mol. The molecule has 1 saturated heterocycles. The first-order valence-electron chi connectivity index (χ1n) is 12.4. The maximum Gasteiger partial charge on any atom is 0.103 e. The molecule has 8 heteroatoms. The Labute approximate surface area is 200 Å². The van der Waals surface area contributed by atoms with Gasteiger partial charge in [0.05, 0.1) is 53.1 Å². The molecule has 0 spiro atoms. The highest BCUT2D eigenvalue weighted by atomic mass is 35.5. The summed E-state index contributed by atoms with van der Waals surface area (Å²) < 4.78 is 10.0. The largest absolute Gasteiger partial charge is 0.377 e. The number of nitrogens with zero attached hydrogens (tertiary/aromatic N) is 6. The van der Waals surface area contributed by atoms with Gasteiger partial charge in [0.1, 0.15) is 5.69 Å². The molecule has 2 aromatic heterocycles. The van der Waals surface area contributed by atoms with Crippen molar-refractivity contribution in [2.24, 2.45) is 5.92 Å². The molecule has 176 valence electrons. The van der Waals surface area contributed by atoms with E-state index in [-0.39, 0.29) is 0 Å². The smallest absolute Gasteiger partial charge is 0.103 e. The van der Waals surface area contributed by atoms with Crippen LogP contribution in [0, 0.1) is 5.92 Å². The van der Waals surface area contributed by atoms with Gasteiger partial charge in [-0.05, 0) is 50.7 Å². The van der Waals surface area contributed by atoms with Crippen LogP contribution in [0.4, 0.5) is 5.69 Å². The van der Waals surface area contributed by atoms with Crippen LogP contribution in [0.15, 0.2) is 30.7 Å². The minimum atomic E-state index is 0.291. The van der Waals surface area contributed by atoms with Crippen molar-refractivity contribution < 1.29 is 4.74 Å². The third kappa shape index (κ3) is 3.74. The molecule has 0 unspecified atom stereocenters. The van der Waals surface area contributed by atoms with Crippen molar-refractivity contribution >= 4 is 28.2 Å². The Morgan fingerprint density at radius 3 is 2.61 bits per heavy atom. The van der Waals surface area contributed by atoms with E-state index >= 15 is 0 Å². The quantitative estimate of drug-likeness (QED) is 0.492. The molecule has 7 rings (SSSR count). The van der Waals surface area contributed by atoms with E-state index in [9.17, 15) is 0 Å². The molecule has 7 nitrogen and oxygen atoms in total. The van der Waals surface area contributed by atoms with Crippen LogP contribution >= 0.6 is 11.6 Å². The van der Waals surface area contributed by atoms with E-state index in [4.69, 9.17) is 21.4 Å². The number of halogens is 1. The number of ether oxygens (including phenoxy) is 1. The fourth-order valence-electron chi connectivity index (χ4n) is 5.59. The molecule has 0 N–H and O–H groups in total. The number of hydrogen-bond donors (Lipinski definition) is 0. The second kappa shape index (κ2) is 8.29. The number of fused-ring (bicyclic) bond motifs is 1. The predicted octanol–water partition coefficient (Wildman–Crippen LogP) is 4.32. The van der Waals surface area contributed by atoms with Gasteiger partial charge in [-0.2, -0.15) is 10.2 Å². The second-order valence-electron chi connectivity index (χ2n) is 10.2. The molecule has 3 heterocycles. The number of hydrogen-bond acceptors (Lipinski definition) is 5. The summed E-state index contributed by atoms with van der Waals surface area (Å²) in [5.74, 6) is 0.931. The van der Waals surface area contributed by atoms with Gasteiger partial charge < -0.3 is 9.64 Å². The van der Waals surface area contributed by atoms with E-state index in [1.54, 1.807) is 0 Å². The maximum absolute atomic E-state index is 6.73.